The van der Waals surface area contributed by atoms with Crippen LogP contribution in [-0.4, -0.2) is 17.6 Å². The van der Waals surface area contributed by atoms with Gasteiger partial charge < -0.3 is 9.72 Å². The second kappa shape index (κ2) is 3.01. The molecule has 1 fully saturated rings. The van der Waals surface area contributed by atoms with Crippen LogP contribution < -0.4 is 0 Å². The lowest BCUT2D eigenvalue weighted by molar-refractivity contribution is 0.0480. The molecule has 0 amide bonds. The molecule has 0 radical (unpaired) electrons. The Bertz CT molecular complexity index is 262. The molecule has 0 atom stereocenters. The van der Waals surface area contributed by atoms with Crippen LogP contribution in [0, 0.1) is 5.92 Å². The van der Waals surface area contributed by atoms with Crippen LogP contribution in [0.2, 0.25) is 0 Å². The number of esters is 1. The molecule has 1 aliphatic carbocycles. The van der Waals surface area contributed by atoms with Gasteiger partial charge in [-0.25, -0.2) is 4.79 Å². The predicted molar refractivity (Wildman–Crippen MR) is 43.8 cm³/mol. The molecule has 0 bridgehead atoms. The van der Waals surface area contributed by atoms with Crippen molar-refractivity contribution in [2.24, 2.45) is 5.92 Å². The highest BCUT2D eigenvalue weighted by atomic mass is 16.5. The van der Waals surface area contributed by atoms with Gasteiger partial charge in [-0.05, 0) is 30.9 Å². The molecule has 1 aromatic rings. The minimum absolute atomic E-state index is 0.244. The number of aromatic amines is 1. The average molecular weight is 165 g/mol. The Morgan fingerprint density at radius 1 is 1.67 bits per heavy atom. The van der Waals surface area contributed by atoms with E-state index in [1.165, 1.54) is 12.8 Å². The number of carbonyl (C=O) groups is 1. The van der Waals surface area contributed by atoms with E-state index in [-0.39, 0.29) is 5.97 Å². The molecular weight excluding hydrogens is 154 g/mol. The minimum Gasteiger partial charge on any atom is -0.461 e. The van der Waals surface area contributed by atoms with Gasteiger partial charge in [0, 0.05) is 6.20 Å². The number of H-pyrrole nitrogens is 1. The van der Waals surface area contributed by atoms with E-state index in [4.69, 9.17) is 4.74 Å². The zero-order valence-electron chi connectivity index (χ0n) is 6.75. The van der Waals surface area contributed by atoms with Crippen molar-refractivity contribution in [2.45, 2.75) is 12.8 Å². The first-order chi connectivity index (χ1) is 5.86. The summed E-state index contributed by atoms with van der Waals surface area (Å²) in [7, 11) is 0. The quantitative estimate of drug-likeness (QED) is 0.691. The SMILES string of the molecule is O=C(OCC1CC1)c1ccc[nH]1. The van der Waals surface area contributed by atoms with Crippen LogP contribution in [0.3, 0.4) is 0 Å². The van der Waals surface area contributed by atoms with Crippen LogP contribution in [-0.2, 0) is 4.74 Å². The van der Waals surface area contributed by atoms with E-state index in [1.54, 1.807) is 18.3 Å². The molecule has 2 rings (SSSR count). The number of rotatable bonds is 3. The largest absolute Gasteiger partial charge is 0.461 e. The summed E-state index contributed by atoms with van der Waals surface area (Å²) in [5, 5.41) is 0. The topological polar surface area (TPSA) is 42.1 Å². The smallest absolute Gasteiger partial charge is 0.354 e. The van der Waals surface area contributed by atoms with E-state index in [2.05, 4.69) is 4.98 Å². The monoisotopic (exact) mass is 165 g/mol. The first kappa shape index (κ1) is 7.40. The fraction of sp³-hybridized carbons (Fsp3) is 0.444. The minimum atomic E-state index is -0.244. The molecule has 0 aliphatic heterocycles. The molecule has 1 aromatic heterocycles. The lowest BCUT2D eigenvalue weighted by atomic mass is 10.4. The van der Waals surface area contributed by atoms with Gasteiger partial charge in [0.1, 0.15) is 5.69 Å². The van der Waals surface area contributed by atoms with E-state index >= 15 is 0 Å². The summed E-state index contributed by atoms with van der Waals surface area (Å²) in [6.45, 7) is 0.581. The zero-order valence-corrected chi connectivity index (χ0v) is 6.75. The first-order valence-electron chi connectivity index (χ1n) is 4.17. The Labute approximate surface area is 70.7 Å². The number of nitrogens with one attached hydrogen (secondary N) is 1. The maximum atomic E-state index is 11.2. The van der Waals surface area contributed by atoms with Crippen LogP contribution >= 0.6 is 0 Å². The summed E-state index contributed by atoms with van der Waals surface area (Å²) in [5.41, 5.74) is 0.538. The van der Waals surface area contributed by atoms with Crippen molar-refractivity contribution in [1.29, 1.82) is 0 Å². The van der Waals surface area contributed by atoms with Crippen molar-refractivity contribution >= 4 is 5.97 Å². The Morgan fingerprint density at radius 3 is 3.08 bits per heavy atom. The molecule has 1 heterocycles. The highest BCUT2D eigenvalue weighted by Crippen LogP contribution is 2.28. The second-order valence-corrected chi connectivity index (χ2v) is 3.13. The fourth-order valence-electron chi connectivity index (χ4n) is 1.01. The van der Waals surface area contributed by atoms with Gasteiger partial charge in [-0.1, -0.05) is 0 Å². The van der Waals surface area contributed by atoms with Gasteiger partial charge >= 0.3 is 5.97 Å². The van der Waals surface area contributed by atoms with Crippen LogP contribution in [0.25, 0.3) is 0 Å². The normalized spacial score (nSPS) is 16.0. The predicted octanol–water partition coefficient (Wildman–Crippen LogP) is 1.58. The molecule has 12 heavy (non-hydrogen) atoms. The molecule has 0 unspecified atom stereocenters. The van der Waals surface area contributed by atoms with Gasteiger partial charge in [-0.3, -0.25) is 0 Å². The molecular formula is C9H11NO2. The number of hydrogen-bond acceptors (Lipinski definition) is 2. The summed E-state index contributed by atoms with van der Waals surface area (Å²) in [5.74, 6) is 0.385. The van der Waals surface area contributed by atoms with Crippen molar-refractivity contribution in [1.82, 2.24) is 4.98 Å². The zero-order chi connectivity index (χ0) is 8.39. The number of hydrogen-bond donors (Lipinski definition) is 1. The lowest BCUT2D eigenvalue weighted by Gasteiger charge is -2.00. The molecule has 0 spiro atoms. The molecule has 0 aromatic carbocycles. The summed E-state index contributed by atoms with van der Waals surface area (Å²) >= 11 is 0. The van der Waals surface area contributed by atoms with Crippen molar-refractivity contribution in [2.75, 3.05) is 6.61 Å². The van der Waals surface area contributed by atoms with E-state index in [1.807, 2.05) is 0 Å². The highest BCUT2D eigenvalue weighted by molar-refractivity contribution is 5.87. The van der Waals surface area contributed by atoms with Crippen molar-refractivity contribution in [3.05, 3.63) is 24.0 Å². The van der Waals surface area contributed by atoms with Gasteiger partial charge in [0.15, 0.2) is 0 Å². The van der Waals surface area contributed by atoms with Gasteiger partial charge in [-0.2, -0.15) is 0 Å². The van der Waals surface area contributed by atoms with Crippen molar-refractivity contribution in [3.8, 4) is 0 Å². The molecule has 3 heteroatoms. The maximum absolute atomic E-state index is 11.2. The van der Waals surface area contributed by atoms with Crippen LogP contribution in [0.5, 0.6) is 0 Å². The van der Waals surface area contributed by atoms with Crippen LogP contribution in [0.4, 0.5) is 0 Å². The second-order valence-electron chi connectivity index (χ2n) is 3.13. The number of ether oxygens (including phenoxy) is 1. The van der Waals surface area contributed by atoms with E-state index in [0.29, 0.717) is 18.2 Å². The van der Waals surface area contributed by atoms with E-state index in [9.17, 15) is 4.79 Å². The third kappa shape index (κ3) is 1.67. The Hall–Kier alpha value is -1.25. The Kier molecular flexibility index (Phi) is 1.86. The number of aromatic nitrogens is 1. The molecule has 64 valence electrons. The van der Waals surface area contributed by atoms with Gasteiger partial charge in [0.2, 0.25) is 0 Å². The third-order valence-corrected chi connectivity index (χ3v) is 1.96. The first-order valence-corrected chi connectivity index (χ1v) is 4.17. The summed E-state index contributed by atoms with van der Waals surface area (Å²) in [6, 6.07) is 3.50. The van der Waals surface area contributed by atoms with Crippen molar-refractivity contribution < 1.29 is 9.53 Å². The molecule has 1 saturated carbocycles. The van der Waals surface area contributed by atoms with Crippen LogP contribution in [0.1, 0.15) is 23.3 Å². The Balaban J connectivity index is 1.83. The van der Waals surface area contributed by atoms with Gasteiger partial charge in [0.05, 0.1) is 6.61 Å². The van der Waals surface area contributed by atoms with Crippen LogP contribution in [0.15, 0.2) is 18.3 Å². The third-order valence-electron chi connectivity index (χ3n) is 1.96. The fourth-order valence-corrected chi connectivity index (χ4v) is 1.01. The van der Waals surface area contributed by atoms with Gasteiger partial charge in [-0.15, -0.1) is 0 Å². The van der Waals surface area contributed by atoms with E-state index < -0.39 is 0 Å². The van der Waals surface area contributed by atoms with Gasteiger partial charge in [0.25, 0.3) is 0 Å². The maximum Gasteiger partial charge on any atom is 0.354 e. The number of carbonyl (C=O) groups excluding carboxylic acids is 1. The summed E-state index contributed by atoms with van der Waals surface area (Å²) in [6.07, 6.45) is 4.13. The molecule has 1 aliphatic rings. The summed E-state index contributed by atoms with van der Waals surface area (Å²) < 4.78 is 5.04. The molecule has 1 N–H and O–H groups in total. The molecule has 3 nitrogen and oxygen atoms in total. The van der Waals surface area contributed by atoms with Crippen molar-refractivity contribution in [3.63, 3.8) is 0 Å². The molecule has 0 saturated heterocycles. The average Bonchev–Trinajstić information content (AvgIpc) is 2.74. The van der Waals surface area contributed by atoms with E-state index in [0.717, 1.165) is 0 Å². The standard InChI is InChI=1S/C9H11NO2/c11-9(8-2-1-5-10-8)12-6-7-3-4-7/h1-2,5,7,10H,3-4,6H2. The highest BCUT2D eigenvalue weighted by Gasteiger charge is 2.23. The summed E-state index contributed by atoms with van der Waals surface area (Å²) in [4.78, 5) is 14.0. The Morgan fingerprint density at radius 2 is 2.50 bits per heavy atom. The lowest BCUT2D eigenvalue weighted by Crippen LogP contribution is -2.07.